The fourth-order valence-electron chi connectivity index (χ4n) is 1.82. The molecule has 0 saturated heterocycles. The fourth-order valence-corrected chi connectivity index (χ4v) is 2.58. The summed E-state index contributed by atoms with van der Waals surface area (Å²) in [5.74, 6) is -2.82. The zero-order valence-corrected chi connectivity index (χ0v) is 16.2. The molecule has 0 amide bonds. The lowest BCUT2D eigenvalue weighted by atomic mass is 10.2. The van der Waals surface area contributed by atoms with Crippen molar-refractivity contribution in [3.05, 3.63) is 39.9 Å². The van der Waals surface area contributed by atoms with E-state index in [1.807, 2.05) is 0 Å². The topological polar surface area (TPSA) is 110 Å². The summed E-state index contributed by atoms with van der Waals surface area (Å²) in [6, 6.07) is 0. The van der Waals surface area contributed by atoms with E-state index in [9.17, 15) is 19.2 Å². The minimum Gasteiger partial charge on any atom is -0.466 e. The SMILES string of the molecule is COC(=O)/C=C(\S/C=C(/C)n1cc(C(=O)OC)c(C(=O)OC)c1)C(=O)OC. The third kappa shape index (κ3) is 5.74. The lowest BCUT2D eigenvalue weighted by Crippen LogP contribution is -2.08. The zero-order valence-electron chi connectivity index (χ0n) is 15.4. The van der Waals surface area contributed by atoms with E-state index in [4.69, 9.17) is 0 Å². The summed E-state index contributed by atoms with van der Waals surface area (Å²) < 4.78 is 19.9. The van der Waals surface area contributed by atoms with Crippen molar-refractivity contribution >= 4 is 41.3 Å². The first-order chi connectivity index (χ1) is 12.8. The molecule has 0 atom stereocenters. The summed E-state index contributed by atoms with van der Waals surface area (Å²) in [5, 5.41) is 1.54. The number of carbonyl (C=O) groups excluding carboxylic acids is 4. The lowest BCUT2D eigenvalue weighted by molar-refractivity contribution is -0.137. The molecule has 0 aliphatic heterocycles. The van der Waals surface area contributed by atoms with Crippen LogP contribution in [-0.4, -0.2) is 56.9 Å². The van der Waals surface area contributed by atoms with Gasteiger partial charge in [-0.15, -0.1) is 0 Å². The minimum atomic E-state index is -0.715. The first kappa shape index (κ1) is 22.0. The van der Waals surface area contributed by atoms with Gasteiger partial charge in [0.15, 0.2) is 0 Å². The molecule has 0 aromatic carbocycles. The molecular formula is C17H19NO8S. The van der Waals surface area contributed by atoms with E-state index in [1.165, 1.54) is 50.8 Å². The Balaban J connectivity index is 3.21. The second-order valence-corrected chi connectivity index (χ2v) is 5.79. The first-order valence-corrected chi connectivity index (χ1v) is 8.27. The molecule has 0 spiro atoms. The molecule has 1 aromatic heterocycles. The van der Waals surface area contributed by atoms with Crippen molar-refractivity contribution in [2.45, 2.75) is 6.92 Å². The molecule has 0 saturated carbocycles. The van der Waals surface area contributed by atoms with Gasteiger partial charge >= 0.3 is 23.9 Å². The summed E-state index contributed by atoms with van der Waals surface area (Å²) >= 11 is 0.915. The Bertz CT molecular complexity index is 772. The summed E-state index contributed by atoms with van der Waals surface area (Å²) in [5.41, 5.74) is 0.598. The van der Waals surface area contributed by atoms with Crippen molar-refractivity contribution in [3.63, 3.8) is 0 Å². The maximum absolute atomic E-state index is 11.8. The van der Waals surface area contributed by atoms with Crippen LogP contribution < -0.4 is 0 Å². The highest BCUT2D eigenvalue weighted by molar-refractivity contribution is 8.06. The number of allylic oxidation sites excluding steroid dienone is 1. The maximum atomic E-state index is 11.8. The number of hydrogen-bond acceptors (Lipinski definition) is 9. The van der Waals surface area contributed by atoms with Gasteiger partial charge in [-0.1, -0.05) is 11.8 Å². The van der Waals surface area contributed by atoms with Crippen LogP contribution in [0, 0.1) is 0 Å². The van der Waals surface area contributed by atoms with Gasteiger partial charge in [0.2, 0.25) is 0 Å². The van der Waals surface area contributed by atoms with Crippen LogP contribution in [0.3, 0.4) is 0 Å². The van der Waals surface area contributed by atoms with Gasteiger partial charge in [-0.05, 0) is 12.3 Å². The van der Waals surface area contributed by atoms with Gasteiger partial charge in [0, 0.05) is 24.2 Å². The van der Waals surface area contributed by atoms with Crippen molar-refractivity contribution in [2.75, 3.05) is 28.4 Å². The van der Waals surface area contributed by atoms with E-state index >= 15 is 0 Å². The van der Waals surface area contributed by atoms with Crippen LogP contribution in [0.15, 0.2) is 28.8 Å². The van der Waals surface area contributed by atoms with Gasteiger partial charge in [-0.3, -0.25) is 0 Å². The molecule has 10 heteroatoms. The number of thioether (sulfide) groups is 1. The largest absolute Gasteiger partial charge is 0.466 e. The molecule has 9 nitrogen and oxygen atoms in total. The van der Waals surface area contributed by atoms with E-state index in [-0.39, 0.29) is 16.0 Å². The highest BCUT2D eigenvalue weighted by atomic mass is 32.2. The average molecular weight is 397 g/mol. The molecule has 0 N–H and O–H groups in total. The van der Waals surface area contributed by atoms with Gasteiger partial charge in [-0.25, -0.2) is 19.2 Å². The highest BCUT2D eigenvalue weighted by Gasteiger charge is 2.22. The van der Waals surface area contributed by atoms with Gasteiger partial charge in [0.05, 0.1) is 39.6 Å². The molecule has 0 fully saturated rings. The van der Waals surface area contributed by atoms with E-state index < -0.39 is 23.9 Å². The van der Waals surface area contributed by atoms with E-state index in [1.54, 1.807) is 6.92 Å². The Hall–Kier alpha value is -3.01. The predicted octanol–water partition coefficient (Wildman–Crippen LogP) is 1.84. The molecule has 1 aromatic rings. The smallest absolute Gasteiger partial charge is 0.344 e. The van der Waals surface area contributed by atoms with Crippen molar-refractivity contribution in [1.29, 1.82) is 0 Å². The Kier molecular flexibility index (Phi) is 8.34. The molecule has 27 heavy (non-hydrogen) atoms. The number of ether oxygens (including phenoxy) is 4. The van der Waals surface area contributed by atoms with Gasteiger partial charge in [-0.2, -0.15) is 0 Å². The lowest BCUT2D eigenvalue weighted by Gasteiger charge is -2.05. The van der Waals surface area contributed by atoms with Gasteiger partial charge < -0.3 is 23.5 Å². The van der Waals surface area contributed by atoms with Crippen LogP contribution in [0.4, 0.5) is 0 Å². The molecular weight excluding hydrogens is 378 g/mol. The van der Waals surface area contributed by atoms with Crippen molar-refractivity contribution in [1.82, 2.24) is 4.57 Å². The number of hydrogen-bond donors (Lipinski definition) is 0. The van der Waals surface area contributed by atoms with Crippen LogP contribution in [0.25, 0.3) is 5.70 Å². The molecule has 0 aliphatic carbocycles. The number of nitrogens with zero attached hydrogens (tertiary/aromatic N) is 1. The van der Waals surface area contributed by atoms with Crippen LogP contribution >= 0.6 is 11.8 Å². The quantitative estimate of drug-likeness (QED) is 0.386. The normalized spacial score (nSPS) is 11.6. The van der Waals surface area contributed by atoms with Crippen molar-refractivity contribution < 1.29 is 38.1 Å². The fraction of sp³-hybridized carbons (Fsp3) is 0.294. The monoisotopic (exact) mass is 397 g/mol. The molecule has 0 bridgehead atoms. The first-order valence-electron chi connectivity index (χ1n) is 7.39. The van der Waals surface area contributed by atoms with E-state index in [0.29, 0.717) is 5.70 Å². The second kappa shape index (κ2) is 10.2. The summed E-state index contributed by atoms with van der Waals surface area (Å²) in [4.78, 5) is 46.8. The average Bonchev–Trinajstić information content (AvgIpc) is 3.14. The number of rotatable bonds is 7. The van der Waals surface area contributed by atoms with Crippen molar-refractivity contribution in [2.24, 2.45) is 0 Å². The molecule has 1 rings (SSSR count). The number of carbonyl (C=O) groups is 4. The third-order valence-electron chi connectivity index (χ3n) is 3.24. The van der Waals surface area contributed by atoms with Gasteiger partial charge in [0.25, 0.3) is 0 Å². The third-order valence-corrected chi connectivity index (χ3v) is 4.24. The Labute approximate surface area is 159 Å². The second-order valence-electron chi connectivity index (χ2n) is 4.88. The predicted molar refractivity (Wildman–Crippen MR) is 96.8 cm³/mol. The van der Waals surface area contributed by atoms with E-state index in [2.05, 4.69) is 18.9 Å². The van der Waals surface area contributed by atoms with Crippen molar-refractivity contribution in [3.8, 4) is 0 Å². The van der Waals surface area contributed by atoms with Crippen LogP contribution in [0.1, 0.15) is 27.6 Å². The molecule has 146 valence electrons. The van der Waals surface area contributed by atoms with Gasteiger partial charge in [0.1, 0.15) is 4.91 Å². The van der Waals surface area contributed by atoms with E-state index in [0.717, 1.165) is 17.8 Å². The highest BCUT2D eigenvalue weighted by Crippen LogP contribution is 2.24. The zero-order chi connectivity index (χ0) is 20.6. The standard InChI is InChI=1S/C17H19NO8S/c1-10(9-27-13(17(22)26-5)6-14(19)23-2)18-7-11(15(20)24-3)12(8-18)16(21)25-4/h6-9H,1-5H3/b10-9-,13-6-. The Morgan fingerprint density at radius 1 is 0.889 bits per heavy atom. The Morgan fingerprint density at radius 3 is 1.81 bits per heavy atom. The van der Waals surface area contributed by atoms with Crippen LogP contribution in [0.2, 0.25) is 0 Å². The van der Waals surface area contributed by atoms with Crippen LogP contribution in [-0.2, 0) is 28.5 Å². The number of aromatic nitrogens is 1. The maximum Gasteiger partial charge on any atom is 0.344 e. The minimum absolute atomic E-state index is 0.00256. The molecule has 0 aliphatic rings. The summed E-state index contributed by atoms with van der Waals surface area (Å²) in [6.45, 7) is 1.67. The summed E-state index contributed by atoms with van der Waals surface area (Å²) in [7, 11) is 4.75. The number of esters is 4. The molecule has 0 unspecified atom stereocenters. The van der Waals surface area contributed by atoms with Crippen LogP contribution in [0.5, 0.6) is 0 Å². The molecule has 1 heterocycles. The summed E-state index contributed by atoms with van der Waals surface area (Å²) in [6.07, 6.45) is 3.79. The molecule has 0 radical (unpaired) electrons. The Morgan fingerprint density at radius 2 is 1.41 bits per heavy atom. The number of methoxy groups -OCH3 is 4.